The largest absolute Gasteiger partial charge is 0.392 e. The number of hydrogen-bond donors (Lipinski definition) is 1. The number of benzene rings is 1. The summed E-state index contributed by atoms with van der Waals surface area (Å²) in [6, 6.07) is 12.4. The molecule has 1 aromatic carbocycles. The number of hydrogen-bond acceptors (Lipinski definition) is 2. The molecular weight excluding hydrogens is 224 g/mol. The third-order valence-electron chi connectivity index (χ3n) is 3.75. The number of nitrogens with zero attached hydrogens (tertiary/aromatic N) is 2. The predicted molar refractivity (Wildman–Crippen MR) is 70.2 cm³/mol. The van der Waals surface area contributed by atoms with E-state index in [0.717, 1.165) is 12.1 Å². The number of aromatic nitrogens is 2. The second-order valence-electron chi connectivity index (χ2n) is 5.17. The van der Waals surface area contributed by atoms with E-state index in [9.17, 15) is 5.11 Å². The lowest BCUT2D eigenvalue weighted by molar-refractivity contribution is 0.148. The van der Waals surface area contributed by atoms with Crippen molar-refractivity contribution in [2.75, 3.05) is 0 Å². The Balaban J connectivity index is 1.61. The molecule has 1 saturated carbocycles. The Bertz CT molecular complexity index is 520. The maximum Gasteiger partial charge on any atom is 0.0650 e. The lowest BCUT2D eigenvalue weighted by Gasteiger charge is -2.08. The minimum atomic E-state index is -0.273. The van der Waals surface area contributed by atoms with E-state index in [0.29, 0.717) is 18.3 Å². The van der Waals surface area contributed by atoms with Crippen LogP contribution in [0.25, 0.3) is 0 Å². The molecule has 0 aliphatic heterocycles. The highest BCUT2D eigenvalue weighted by Crippen LogP contribution is 2.49. The van der Waals surface area contributed by atoms with E-state index in [1.165, 1.54) is 5.56 Å². The molecule has 94 valence electrons. The molecule has 3 heteroatoms. The highest BCUT2D eigenvalue weighted by atomic mass is 16.3. The van der Waals surface area contributed by atoms with Gasteiger partial charge in [0, 0.05) is 19.7 Å². The third-order valence-corrected chi connectivity index (χ3v) is 3.75. The first-order valence-corrected chi connectivity index (χ1v) is 6.45. The average Bonchev–Trinajstić information content (AvgIpc) is 3.09. The minimum Gasteiger partial charge on any atom is -0.392 e. The van der Waals surface area contributed by atoms with E-state index >= 15 is 0 Å². The Morgan fingerprint density at radius 2 is 2.11 bits per heavy atom. The first-order chi connectivity index (χ1) is 8.74. The second-order valence-corrected chi connectivity index (χ2v) is 5.17. The summed E-state index contributed by atoms with van der Waals surface area (Å²) in [6.07, 6.45) is 3.40. The van der Waals surface area contributed by atoms with Gasteiger partial charge in [-0.3, -0.25) is 4.68 Å². The van der Waals surface area contributed by atoms with Gasteiger partial charge >= 0.3 is 0 Å². The molecular formula is C15H18N2O. The molecule has 3 nitrogen and oxygen atoms in total. The second kappa shape index (κ2) is 4.58. The zero-order chi connectivity index (χ0) is 12.5. The van der Waals surface area contributed by atoms with Gasteiger partial charge in [-0.15, -0.1) is 0 Å². The van der Waals surface area contributed by atoms with E-state index in [1.54, 1.807) is 4.68 Å². The van der Waals surface area contributed by atoms with Gasteiger partial charge in [-0.25, -0.2) is 0 Å². The Kier molecular flexibility index (Phi) is 2.92. The summed E-state index contributed by atoms with van der Waals surface area (Å²) in [5.74, 6) is 0.930. The van der Waals surface area contributed by atoms with Gasteiger partial charge in [0.1, 0.15) is 0 Å². The van der Waals surface area contributed by atoms with Crippen LogP contribution in [0.4, 0.5) is 0 Å². The number of aliphatic hydroxyl groups excluding tert-OH is 1. The van der Waals surface area contributed by atoms with Gasteiger partial charge in [0.25, 0.3) is 0 Å². The Hall–Kier alpha value is -1.61. The van der Waals surface area contributed by atoms with Crippen LogP contribution in [0.15, 0.2) is 42.6 Å². The van der Waals surface area contributed by atoms with Crippen LogP contribution in [0, 0.1) is 5.92 Å². The van der Waals surface area contributed by atoms with E-state index in [-0.39, 0.29) is 6.10 Å². The van der Waals surface area contributed by atoms with Crippen LogP contribution in [0.5, 0.6) is 0 Å². The zero-order valence-corrected chi connectivity index (χ0v) is 10.5. The topological polar surface area (TPSA) is 38.0 Å². The number of rotatable bonds is 4. The molecule has 1 aliphatic rings. The molecule has 0 spiro atoms. The summed E-state index contributed by atoms with van der Waals surface area (Å²) in [5.41, 5.74) is 2.33. The average molecular weight is 242 g/mol. The van der Waals surface area contributed by atoms with Crippen molar-refractivity contribution in [2.24, 2.45) is 13.0 Å². The lowest BCUT2D eigenvalue weighted by Crippen LogP contribution is -2.14. The number of aryl methyl sites for hydroxylation is 1. The van der Waals surface area contributed by atoms with Gasteiger partial charge in [-0.1, -0.05) is 30.3 Å². The summed E-state index contributed by atoms with van der Waals surface area (Å²) in [7, 11) is 1.90. The molecule has 18 heavy (non-hydrogen) atoms. The molecule has 1 aliphatic carbocycles. The molecule has 0 saturated heterocycles. The summed E-state index contributed by atoms with van der Waals surface area (Å²) in [4.78, 5) is 0. The van der Waals surface area contributed by atoms with Gasteiger partial charge in [0.2, 0.25) is 0 Å². The lowest BCUT2D eigenvalue weighted by atomic mass is 10.0. The highest BCUT2D eigenvalue weighted by molar-refractivity contribution is 5.26. The Morgan fingerprint density at radius 3 is 2.78 bits per heavy atom. The normalized spacial score (nSPS) is 23.9. The fraction of sp³-hybridized carbons (Fsp3) is 0.400. The molecule has 1 heterocycles. The Morgan fingerprint density at radius 1 is 1.33 bits per heavy atom. The smallest absolute Gasteiger partial charge is 0.0650 e. The van der Waals surface area contributed by atoms with Crippen LogP contribution in [0.3, 0.4) is 0 Å². The maximum absolute atomic E-state index is 10.2. The fourth-order valence-corrected chi connectivity index (χ4v) is 2.66. The molecule has 2 aromatic rings. The van der Waals surface area contributed by atoms with Crippen molar-refractivity contribution in [3.63, 3.8) is 0 Å². The fourth-order valence-electron chi connectivity index (χ4n) is 2.66. The zero-order valence-electron chi connectivity index (χ0n) is 10.5. The van der Waals surface area contributed by atoms with Crippen molar-refractivity contribution in [3.8, 4) is 0 Å². The van der Waals surface area contributed by atoms with Gasteiger partial charge in [-0.2, -0.15) is 5.10 Å². The Labute approximate surface area is 107 Å². The van der Waals surface area contributed by atoms with Crippen molar-refractivity contribution in [3.05, 3.63) is 53.9 Å². The minimum absolute atomic E-state index is 0.273. The first-order valence-electron chi connectivity index (χ1n) is 6.45. The van der Waals surface area contributed by atoms with E-state index in [1.807, 2.05) is 25.4 Å². The van der Waals surface area contributed by atoms with Gasteiger partial charge in [0.05, 0.1) is 11.8 Å². The summed E-state index contributed by atoms with van der Waals surface area (Å²) in [5, 5.41) is 14.5. The van der Waals surface area contributed by atoms with Crippen LogP contribution in [0.1, 0.15) is 23.6 Å². The molecule has 3 atom stereocenters. The van der Waals surface area contributed by atoms with Crippen LogP contribution < -0.4 is 0 Å². The summed E-state index contributed by atoms with van der Waals surface area (Å²) < 4.78 is 1.78. The van der Waals surface area contributed by atoms with Crippen molar-refractivity contribution in [2.45, 2.75) is 24.9 Å². The molecule has 0 radical (unpaired) electrons. The van der Waals surface area contributed by atoms with Gasteiger partial charge in [0.15, 0.2) is 0 Å². The summed E-state index contributed by atoms with van der Waals surface area (Å²) >= 11 is 0. The van der Waals surface area contributed by atoms with Crippen LogP contribution in [0.2, 0.25) is 0 Å². The van der Waals surface area contributed by atoms with Crippen LogP contribution in [-0.2, 0) is 13.5 Å². The van der Waals surface area contributed by atoms with Crippen LogP contribution in [-0.4, -0.2) is 21.0 Å². The monoisotopic (exact) mass is 242 g/mol. The predicted octanol–water partition coefficient (Wildman–Crippen LogP) is 2.13. The molecule has 0 bridgehead atoms. The molecule has 1 N–H and O–H groups in total. The van der Waals surface area contributed by atoms with E-state index in [4.69, 9.17) is 0 Å². The highest BCUT2D eigenvalue weighted by Gasteiger charge is 2.43. The SMILES string of the molecule is Cn1ccc(CC(O)C2CC2c2ccccc2)n1. The third kappa shape index (κ3) is 2.31. The van der Waals surface area contributed by atoms with E-state index < -0.39 is 0 Å². The van der Waals surface area contributed by atoms with Crippen molar-refractivity contribution in [1.29, 1.82) is 0 Å². The first kappa shape index (κ1) is 11.5. The maximum atomic E-state index is 10.2. The van der Waals surface area contributed by atoms with Gasteiger partial charge < -0.3 is 5.11 Å². The van der Waals surface area contributed by atoms with Crippen molar-refractivity contribution < 1.29 is 5.11 Å². The van der Waals surface area contributed by atoms with Crippen LogP contribution >= 0.6 is 0 Å². The van der Waals surface area contributed by atoms with Crippen molar-refractivity contribution in [1.82, 2.24) is 9.78 Å². The quantitative estimate of drug-likeness (QED) is 0.892. The number of aliphatic hydroxyl groups is 1. The molecule has 1 fully saturated rings. The standard InChI is InChI=1S/C15H18N2O/c1-17-8-7-12(16-17)9-15(18)14-10-13(14)11-5-3-2-4-6-11/h2-8,13-15,18H,9-10H2,1H3. The molecule has 3 unspecified atom stereocenters. The molecule has 1 aromatic heterocycles. The molecule has 0 amide bonds. The van der Waals surface area contributed by atoms with Gasteiger partial charge in [-0.05, 0) is 29.9 Å². The van der Waals surface area contributed by atoms with Crippen molar-refractivity contribution >= 4 is 0 Å². The summed E-state index contributed by atoms with van der Waals surface area (Å²) in [6.45, 7) is 0. The molecule has 3 rings (SSSR count). The van der Waals surface area contributed by atoms with E-state index in [2.05, 4.69) is 29.4 Å².